The summed E-state index contributed by atoms with van der Waals surface area (Å²) < 4.78 is 14.7. The molecular weight excluding hydrogens is 325 g/mol. The molecule has 0 spiro atoms. The highest BCUT2D eigenvalue weighted by molar-refractivity contribution is 9.10. The predicted molar refractivity (Wildman–Crippen MR) is 83.3 cm³/mol. The molecule has 1 N–H and O–H groups in total. The predicted octanol–water partition coefficient (Wildman–Crippen LogP) is 4.85. The van der Waals surface area contributed by atoms with Gasteiger partial charge in [-0.3, -0.25) is 0 Å². The van der Waals surface area contributed by atoms with Crippen molar-refractivity contribution in [3.05, 3.63) is 55.9 Å². The van der Waals surface area contributed by atoms with Gasteiger partial charge in [-0.25, -0.2) is 4.39 Å². The number of halogens is 2. The number of aryl methyl sites for hydroxylation is 1. The van der Waals surface area contributed by atoms with E-state index in [0.717, 1.165) is 28.6 Å². The van der Waals surface area contributed by atoms with Crippen LogP contribution in [-0.4, -0.2) is 6.54 Å². The van der Waals surface area contributed by atoms with Crippen molar-refractivity contribution in [2.45, 2.75) is 26.3 Å². The number of thiophene rings is 1. The van der Waals surface area contributed by atoms with Gasteiger partial charge >= 0.3 is 0 Å². The summed E-state index contributed by atoms with van der Waals surface area (Å²) in [5.74, 6) is -0.164. The Hall–Kier alpha value is -0.710. The molecule has 1 nitrogen and oxygen atoms in total. The van der Waals surface area contributed by atoms with Crippen LogP contribution >= 0.6 is 27.3 Å². The standard InChI is InChI=1S/C15H17BrFNS/c1-3-18-14(9-15-13(16)4-5-19-15)11-6-10(2)7-12(17)8-11/h4-8,14,18H,3,9H2,1-2H3. The molecule has 102 valence electrons. The van der Waals surface area contributed by atoms with Crippen LogP contribution in [-0.2, 0) is 6.42 Å². The number of hydrogen-bond acceptors (Lipinski definition) is 2. The van der Waals surface area contributed by atoms with Crippen LogP contribution in [0, 0.1) is 12.7 Å². The summed E-state index contributed by atoms with van der Waals surface area (Å²) in [5, 5.41) is 5.51. The average molecular weight is 342 g/mol. The molecule has 1 aromatic carbocycles. The fraction of sp³-hybridized carbons (Fsp3) is 0.333. The number of nitrogens with one attached hydrogen (secondary N) is 1. The summed E-state index contributed by atoms with van der Waals surface area (Å²) in [5.41, 5.74) is 1.97. The first-order valence-corrected chi connectivity index (χ1v) is 7.99. The summed E-state index contributed by atoms with van der Waals surface area (Å²) in [6.45, 7) is 4.86. The summed E-state index contributed by atoms with van der Waals surface area (Å²) in [6.07, 6.45) is 0.870. The quantitative estimate of drug-likeness (QED) is 0.819. The summed E-state index contributed by atoms with van der Waals surface area (Å²) in [4.78, 5) is 1.29. The van der Waals surface area contributed by atoms with Crippen LogP contribution in [0.2, 0.25) is 0 Å². The van der Waals surface area contributed by atoms with Crippen LogP contribution in [0.4, 0.5) is 4.39 Å². The van der Waals surface area contributed by atoms with Gasteiger partial charge in [0.2, 0.25) is 0 Å². The van der Waals surface area contributed by atoms with E-state index in [1.165, 1.54) is 4.88 Å². The van der Waals surface area contributed by atoms with E-state index in [9.17, 15) is 4.39 Å². The van der Waals surface area contributed by atoms with Crippen molar-refractivity contribution >= 4 is 27.3 Å². The lowest BCUT2D eigenvalue weighted by atomic mass is 10.0. The molecule has 19 heavy (non-hydrogen) atoms. The lowest BCUT2D eigenvalue weighted by molar-refractivity contribution is 0.544. The van der Waals surface area contributed by atoms with Crippen LogP contribution in [0.25, 0.3) is 0 Å². The Morgan fingerprint density at radius 3 is 2.74 bits per heavy atom. The van der Waals surface area contributed by atoms with Crippen molar-refractivity contribution in [3.63, 3.8) is 0 Å². The molecule has 1 aromatic heterocycles. The minimum atomic E-state index is -0.164. The molecule has 0 aliphatic heterocycles. The molecule has 2 rings (SSSR count). The molecule has 0 radical (unpaired) electrons. The van der Waals surface area contributed by atoms with Crippen molar-refractivity contribution in [2.24, 2.45) is 0 Å². The van der Waals surface area contributed by atoms with Crippen LogP contribution in [0.5, 0.6) is 0 Å². The Balaban J connectivity index is 2.26. The van der Waals surface area contributed by atoms with Crippen LogP contribution < -0.4 is 5.32 Å². The van der Waals surface area contributed by atoms with E-state index in [1.807, 2.05) is 6.92 Å². The highest BCUT2D eigenvalue weighted by atomic mass is 79.9. The maximum atomic E-state index is 13.6. The largest absolute Gasteiger partial charge is 0.310 e. The molecular formula is C15H17BrFNS. The van der Waals surface area contributed by atoms with E-state index in [1.54, 1.807) is 23.5 Å². The van der Waals surface area contributed by atoms with Crippen LogP contribution in [0.15, 0.2) is 34.1 Å². The van der Waals surface area contributed by atoms with Crippen molar-refractivity contribution in [1.29, 1.82) is 0 Å². The molecule has 0 saturated heterocycles. The Morgan fingerprint density at radius 1 is 1.37 bits per heavy atom. The van der Waals surface area contributed by atoms with Gasteiger partial charge in [-0.05, 0) is 64.1 Å². The van der Waals surface area contributed by atoms with Gasteiger partial charge in [-0.15, -0.1) is 11.3 Å². The van der Waals surface area contributed by atoms with Gasteiger partial charge < -0.3 is 5.32 Å². The van der Waals surface area contributed by atoms with E-state index in [2.05, 4.69) is 45.7 Å². The Labute approximate surface area is 126 Å². The monoisotopic (exact) mass is 341 g/mol. The summed E-state index contributed by atoms with van der Waals surface area (Å²) in [6, 6.07) is 7.45. The number of rotatable bonds is 5. The molecule has 1 heterocycles. The average Bonchev–Trinajstić information content (AvgIpc) is 2.73. The van der Waals surface area contributed by atoms with Crippen molar-refractivity contribution < 1.29 is 4.39 Å². The first-order chi connectivity index (χ1) is 9.10. The van der Waals surface area contributed by atoms with E-state index in [4.69, 9.17) is 0 Å². The van der Waals surface area contributed by atoms with Gasteiger partial charge in [0.1, 0.15) is 5.82 Å². The normalized spacial score (nSPS) is 12.6. The fourth-order valence-corrected chi connectivity index (χ4v) is 3.74. The topological polar surface area (TPSA) is 12.0 Å². The first kappa shape index (κ1) is 14.7. The molecule has 1 atom stereocenters. The zero-order valence-corrected chi connectivity index (χ0v) is 13.4. The molecule has 4 heteroatoms. The van der Waals surface area contributed by atoms with Crippen molar-refractivity contribution in [3.8, 4) is 0 Å². The minimum absolute atomic E-state index is 0.148. The Kier molecular flexibility index (Phi) is 5.13. The number of hydrogen-bond donors (Lipinski definition) is 1. The van der Waals surface area contributed by atoms with Gasteiger partial charge in [0.05, 0.1) is 0 Å². The first-order valence-electron chi connectivity index (χ1n) is 6.32. The van der Waals surface area contributed by atoms with Gasteiger partial charge in [0.25, 0.3) is 0 Å². The molecule has 0 aliphatic carbocycles. The molecule has 0 saturated carbocycles. The van der Waals surface area contributed by atoms with Crippen LogP contribution in [0.3, 0.4) is 0 Å². The molecule has 0 fully saturated rings. The minimum Gasteiger partial charge on any atom is -0.310 e. The van der Waals surface area contributed by atoms with Crippen LogP contribution in [0.1, 0.15) is 29.0 Å². The molecule has 0 aliphatic rings. The summed E-state index contributed by atoms with van der Waals surface area (Å²) >= 11 is 5.28. The Bertz CT molecular complexity index is 533. The van der Waals surface area contributed by atoms with Gasteiger partial charge in [0.15, 0.2) is 0 Å². The molecule has 2 aromatic rings. The second-order valence-electron chi connectivity index (χ2n) is 4.57. The van der Waals surface area contributed by atoms with E-state index in [0.29, 0.717) is 0 Å². The highest BCUT2D eigenvalue weighted by Gasteiger charge is 2.15. The van der Waals surface area contributed by atoms with Gasteiger partial charge in [-0.2, -0.15) is 0 Å². The second-order valence-corrected chi connectivity index (χ2v) is 6.42. The molecule has 1 unspecified atom stereocenters. The Morgan fingerprint density at radius 2 is 2.16 bits per heavy atom. The zero-order valence-electron chi connectivity index (χ0n) is 11.0. The number of likely N-dealkylation sites (N-methyl/N-ethyl adjacent to an activating group) is 1. The third kappa shape index (κ3) is 3.88. The van der Waals surface area contributed by atoms with Gasteiger partial charge in [0, 0.05) is 21.8 Å². The highest BCUT2D eigenvalue weighted by Crippen LogP contribution is 2.28. The van der Waals surface area contributed by atoms with E-state index >= 15 is 0 Å². The fourth-order valence-electron chi connectivity index (χ4n) is 2.18. The van der Waals surface area contributed by atoms with Crippen molar-refractivity contribution in [2.75, 3.05) is 6.54 Å². The summed E-state index contributed by atoms with van der Waals surface area (Å²) in [7, 11) is 0. The maximum Gasteiger partial charge on any atom is 0.123 e. The maximum absolute atomic E-state index is 13.6. The number of benzene rings is 1. The lowest BCUT2D eigenvalue weighted by Crippen LogP contribution is -2.23. The molecule has 0 bridgehead atoms. The third-order valence-electron chi connectivity index (χ3n) is 3.00. The zero-order chi connectivity index (χ0) is 13.8. The lowest BCUT2D eigenvalue weighted by Gasteiger charge is -2.18. The SMILES string of the molecule is CCNC(Cc1sccc1Br)c1cc(C)cc(F)c1. The van der Waals surface area contributed by atoms with Crippen molar-refractivity contribution in [1.82, 2.24) is 5.32 Å². The smallest absolute Gasteiger partial charge is 0.123 e. The van der Waals surface area contributed by atoms with E-state index in [-0.39, 0.29) is 11.9 Å². The van der Waals surface area contributed by atoms with E-state index < -0.39 is 0 Å². The third-order valence-corrected chi connectivity index (χ3v) is 4.95. The molecule has 0 amide bonds. The second kappa shape index (κ2) is 6.64. The van der Waals surface area contributed by atoms with Gasteiger partial charge in [-0.1, -0.05) is 13.0 Å².